The van der Waals surface area contributed by atoms with Crippen molar-refractivity contribution in [1.29, 1.82) is 0 Å². The smallest absolute Gasteiger partial charge is 0.286 e. The number of nitrogens with one attached hydrogen (secondary N) is 1. The normalized spacial score (nSPS) is 11.0. The number of aromatic nitrogens is 3. The van der Waals surface area contributed by atoms with Crippen LogP contribution in [0.3, 0.4) is 0 Å². The minimum atomic E-state index is -0.272. The van der Waals surface area contributed by atoms with Crippen molar-refractivity contribution in [1.82, 2.24) is 20.1 Å². The molecule has 4 aromatic rings. The van der Waals surface area contributed by atoms with E-state index in [1.165, 1.54) is 29.0 Å². The molecule has 1 N–H and O–H groups in total. The molecule has 0 atom stereocenters. The average Bonchev–Trinajstić information content (AvgIpc) is 3.34. The number of carbonyl (C=O) groups is 1. The Morgan fingerprint density at radius 3 is 2.44 bits per heavy atom. The molecule has 0 spiro atoms. The summed E-state index contributed by atoms with van der Waals surface area (Å²) < 4.78 is 13.3. The van der Waals surface area contributed by atoms with Crippen LogP contribution in [0.25, 0.3) is 0 Å². The zero-order chi connectivity index (χ0) is 23.8. The molecule has 0 aliphatic rings. The molecule has 0 fully saturated rings. The molecule has 174 valence electrons. The molecule has 34 heavy (non-hydrogen) atoms. The third kappa shape index (κ3) is 6.76. The van der Waals surface area contributed by atoms with Gasteiger partial charge in [0.15, 0.2) is 0 Å². The molecule has 0 aliphatic heterocycles. The highest BCUT2D eigenvalue weighted by Crippen LogP contribution is 2.18. The van der Waals surface area contributed by atoms with Gasteiger partial charge in [0.2, 0.25) is 5.01 Å². The van der Waals surface area contributed by atoms with E-state index in [0.717, 1.165) is 41.3 Å². The second-order valence-electron chi connectivity index (χ2n) is 7.91. The van der Waals surface area contributed by atoms with Crippen molar-refractivity contribution in [2.75, 3.05) is 11.9 Å². The van der Waals surface area contributed by atoms with Crippen LogP contribution in [-0.2, 0) is 25.9 Å². The van der Waals surface area contributed by atoms with E-state index in [-0.39, 0.29) is 11.7 Å². The molecular weight excluding hydrogens is 449 g/mol. The van der Waals surface area contributed by atoms with Crippen molar-refractivity contribution in [3.8, 4) is 0 Å². The fourth-order valence-electron chi connectivity index (χ4n) is 3.49. The van der Waals surface area contributed by atoms with E-state index >= 15 is 0 Å². The van der Waals surface area contributed by atoms with E-state index in [1.54, 1.807) is 18.3 Å². The van der Waals surface area contributed by atoms with E-state index in [0.29, 0.717) is 18.1 Å². The number of nitrogens with zero attached hydrogens (tertiary/aromatic N) is 4. The number of amides is 1. The highest BCUT2D eigenvalue weighted by molar-refractivity contribution is 7.13. The van der Waals surface area contributed by atoms with Crippen LogP contribution in [0.15, 0.2) is 72.9 Å². The highest BCUT2D eigenvalue weighted by Gasteiger charge is 2.16. The molecule has 2 aromatic carbocycles. The molecular formula is C26H26FN5OS. The minimum Gasteiger partial charge on any atom is -0.320 e. The molecule has 0 bridgehead atoms. The van der Waals surface area contributed by atoms with Crippen molar-refractivity contribution < 1.29 is 9.18 Å². The molecule has 1 amide bonds. The maximum absolute atomic E-state index is 13.3. The fraction of sp³-hybridized carbons (Fsp3) is 0.231. The number of aryl methyl sites for hydroxylation is 1. The molecule has 2 aromatic heterocycles. The van der Waals surface area contributed by atoms with Crippen LogP contribution < -0.4 is 5.32 Å². The van der Waals surface area contributed by atoms with E-state index in [4.69, 9.17) is 0 Å². The predicted octanol–water partition coefficient (Wildman–Crippen LogP) is 5.13. The largest absolute Gasteiger partial charge is 0.320 e. The summed E-state index contributed by atoms with van der Waals surface area (Å²) in [6.45, 7) is 3.98. The van der Waals surface area contributed by atoms with E-state index in [9.17, 15) is 9.18 Å². The second-order valence-corrected chi connectivity index (χ2v) is 8.98. The molecule has 0 saturated carbocycles. The Bertz CT molecular complexity index is 1200. The van der Waals surface area contributed by atoms with Crippen LogP contribution in [0.1, 0.15) is 38.6 Å². The molecule has 6 nitrogen and oxygen atoms in total. The SMILES string of the molecule is CCc1ccc(NC(=O)c2nnc(CN(CCc3ccccn3)Cc3ccc(F)cc3)s2)cc1. The van der Waals surface area contributed by atoms with Crippen molar-refractivity contribution in [3.05, 3.63) is 106 Å². The van der Waals surface area contributed by atoms with Gasteiger partial charge in [0.05, 0.1) is 6.54 Å². The first kappa shape index (κ1) is 23.7. The van der Waals surface area contributed by atoms with Gasteiger partial charge in [-0.05, 0) is 53.9 Å². The third-order valence-corrected chi connectivity index (χ3v) is 6.28. The Kier molecular flexibility index (Phi) is 8.06. The van der Waals surface area contributed by atoms with Crippen molar-refractivity contribution in [2.24, 2.45) is 0 Å². The number of anilines is 1. The molecule has 0 radical (unpaired) electrons. The van der Waals surface area contributed by atoms with Gasteiger partial charge in [-0.2, -0.15) is 0 Å². The lowest BCUT2D eigenvalue weighted by molar-refractivity contribution is 0.102. The van der Waals surface area contributed by atoms with Crippen molar-refractivity contribution in [3.63, 3.8) is 0 Å². The first-order chi connectivity index (χ1) is 16.6. The maximum Gasteiger partial charge on any atom is 0.286 e. The first-order valence-corrected chi connectivity index (χ1v) is 12.0. The van der Waals surface area contributed by atoms with Gasteiger partial charge in [-0.3, -0.25) is 14.7 Å². The quantitative estimate of drug-likeness (QED) is 0.344. The Balaban J connectivity index is 1.42. The Morgan fingerprint density at radius 1 is 0.971 bits per heavy atom. The summed E-state index contributed by atoms with van der Waals surface area (Å²) >= 11 is 1.28. The number of rotatable bonds is 10. The maximum atomic E-state index is 13.3. The molecule has 0 saturated heterocycles. The summed E-state index contributed by atoms with van der Waals surface area (Å²) in [5.41, 5.74) is 3.94. The predicted molar refractivity (Wildman–Crippen MR) is 132 cm³/mol. The minimum absolute atomic E-state index is 0.257. The topological polar surface area (TPSA) is 71.0 Å². The number of hydrogen-bond acceptors (Lipinski definition) is 6. The Labute approximate surface area is 202 Å². The molecule has 2 heterocycles. The zero-order valence-electron chi connectivity index (χ0n) is 18.9. The van der Waals surface area contributed by atoms with Crippen LogP contribution in [-0.4, -0.2) is 32.5 Å². The van der Waals surface area contributed by atoms with Gasteiger partial charge < -0.3 is 5.32 Å². The lowest BCUT2D eigenvalue weighted by Crippen LogP contribution is -2.25. The summed E-state index contributed by atoms with van der Waals surface area (Å²) in [6.07, 6.45) is 3.50. The lowest BCUT2D eigenvalue weighted by atomic mass is 10.1. The number of pyridine rings is 1. The van der Waals surface area contributed by atoms with Crippen LogP contribution in [0.2, 0.25) is 0 Å². The Morgan fingerprint density at radius 2 is 1.74 bits per heavy atom. The zero-order valence-corrected chi connectivity index (χ0v) is 19.8. The number of carbonyl (C=O) groups excluding carboxylic acids is 1. The van der Waals surface area contributed by atoms with Gasteiger partial charge >= 0.3 is 0 Å². The van der Waals surface area contributed by atoms with Crippen molar-refractivity contribution in [2.45, 2.75) is 32.9 Å². The second kappa shape index (κ2) is 11.6. The van der Waals surface area contributed by atoms with Gasteiger partial charge in [0.25, 0.3) is 5.91 Å². The monoisotopic (exact) mass is 475 g/mol. The van der Waals surface area contributed by atoms with E-state index < -0.39 is 0 Å². The molecule has 4 rings (SSSR count). The number of benzene rings is 2. The third-order valence-electron chi connectivity index (χ3n) is 5.37. The number of hydrogen-bond donors (Lipinski definition) is 1. The first-order valence-electron chi connectivity index (χ1n) is 11.2. The summed E-state index contributed by atoms with van der Waals surface area (Å²) in [5, 5.41) is 12.3. The van der Waals surface area contributed by atoms with E-state index in [2.05, 4.69) is 32.3 Å². The Hall–Kier alpha value is -3.49. The lowest BCUT2D eigenvalue weighted by Gasteiger charge is -2.21. The average molecular weight is 476 g/mol. The molecule has 0 aliphatic carbocycles. The van der Waals surface area contributed by atoms with Crippen LogP contribution in [0.5, 0.6) is 0 Å². The standard InChI is InChI=1S/C26H26FN5OS/c1-2-19-8-12-23(13-9-19)29-25(33)26-31-30-24(34-26)18-32(16-14-22-5-3-4-15-28-22)17-20-6-10-21(27)11-7-20/h3-13,15H,2,14,16-18H2,1H3,(H,29,33). The van der Waals surface area contributed by atoms with Crippen molar-refractivity contribution >= 4 is 22.9 Å². The fourth-order valence-corrected chi connectivity index (χ4v) is 4.27. The van der Waals surface area contributed by atoms with Gasteiger partial charge in [0, 0.05) is 37.1 Å². The van der Waals surface area contributed by atoms with Gasteiger partial charge in [-0.25, -0.2) is 4.39 Å². The van der Waals surface area contributed by atoms with Gasteiger partial charge in [-0.15, -0.1) is 10.2 Å². The van der Waals surface area contributed by atoms with Gasteiger partial charge in [0.1, 0.15) is 10.8 Å². The molecule has 0 unspecified atom stereocenters. The summed E-state index contributed by atoms with van der Waals surface area (Å²) in [7, 11) is 0. The van der Waals surface area contributed by atoms with Crippen LogP contribution >= 0.6 is 11.3 Å². The van der Waals surface area contributed by atoms with Crippen LogP contribution in [0, 0.1) is 5.82 Å². The van der Waals surface area contributed by atoms with E-state index in [1.807, 2.05) is 42.5 Å². The van der Waals surface area contributed by atoms with Gasteiger partial charge in [-0.1, -0.05) is 48.6 Å². The summed E-state index contributed by atoms with van der Waals surface area (Å²) in [6, 6.07) is 20.1. The summed E-state index contributed by atoms with van der Waals surface area (Å²) in [5.74, 6) is -0.528. The number of halogens is 1. The van der Waals surface area contributed by atoms with Crippen LogP contribution in [0.4, 0.5) is 10.1 Å². The highest BCUT2D eigenvalue weighted by atomic mass is 32.1. The molecule has 8 heteroatoms. The summed E-state index contributed by atoms with van der Waals surface area (Å²) in [4.78, 5) is 19.2.